The smallest absolute Gasteiger partial charge is 0.269 e. The number of anilines is 1. The molecular weight excluding hydrogens is 292 g/mol. The number of pyridine rings is 1. The lowest BCUT2D eigenvalue weighted by molar-refractivity contribution is -0.125. The van der Waals surface area contributed by atoms with Gasteiger partial charge >= 0.3 is 0 Å². The number of carbonyl (C=O) groups is 1. The lowest BCUT2D eigenvalue weighted by Gasteiger charge is -2.25. The molecule has 23 heavy (non-hydrogen) atoms. The van der Waals surface area contributed by atoms with Gasteiger partial charge < -0.3 is 14.8 Å². The van der Waals surface area contributed by atoms with Gasteiger partial charge in [0, 0.05) is 11.6 Å². The Kier molecular flexibility index (Phi) is 3.31. The third kappa shape index (κ3) is 2.57. The van der Waals surface area contributed by atoms with E-state index in [-0.39, 0.29) is 12.5 Å². The van der Waals surface area contributed by atoms with E-state index >= 15 is 0 Å². The molecule has 0 unspecified atom stereocenters. The molecule has 2 heterocycles. The molecule has 1 atom stereocenters. The summed E-state index contributed by atoms with van der Waals surface area (Å²) in [4.78, 5) is 16.8. The van der Waals surface area contributed by atoms with Crippen LogP contribution in [0.1, 0.15) is 0 Å². The summed E-state index contributed by atoms with van der Waals surface area (Å²) in [7, 11) is 0. The zero-order valence-corrected chi connectivity index (χ0v) is 12.2. The van der Waals surface area contributed by atoms with Crippen LogP contribution in [-0.4, -0.2) is 23.6 Å². The topological polar surface area (TPSA) is 60.5 Å². The summed E-state index contributed by atoms with van der Waals surface area (Å²) in [5.74, 6) is 1.00. The fraction of sp³-hybridized carbons (Fsp3) is 0.111. The highest BCUT2D eigenvalue weighted by Gasteiger charge is 2.27. The third-order valence-electron chi connectivity index (χ3n) is 3.70. The van der Waals surface area contributed by atoms with Crippen LogP contribution >= 0.6 is 0 Å². The van der Waals surface area contributed by atoms with E-state index in [2.05, 4.69) is 10.3 Å². The number of rotatable bonds is 2. The summed E-state index contributed by atoms with van der Waals surface area (Å²) in [6.07, 6.45) is 1.04. The molecule has 1 N–H and O–H groups in total. The number of hydrogen-bond donors (Lipinski definition) is 1. The lowest BCUT2D eigenvalue weighted by Crippen LogP contribution is -2.40. The summed E-state index contributed by atoms with van der Waals surface area (Å²) in [5.41, 5.74) is 1.54. The quantitative estimate of drug-likeness (QED) is 0.790. The van der Waals surface area contributed by atoms with Gasteiger partial charge in [0.15, 0.2) is 11.5 Å². The van der Waals surface area contributed by atoms with E-state index in [9.17, 15) is 4.79 Å². The molecule has 0 saturated carbocycles. The fourth-order valence-electron chi connectivity index (χ4n) is 2.57. The van der Waals surface area contributed by atoms with Crippen LogP contribution in [0.3, 0.4) is 0 Å². The summed E-state index contributed by atoms with van der Waals surface area (Å²) in [6, 6.07) is 16.7. The van der Waals surface area contributed by atoms with E-state index in [0.29, 0.717) is 17.2 Å². The number of hydrogen-bond acceptors (Lipinski definition) is 4. The normalized spacial score (nSPS) is 16.1. The molecule has 0 radical (unpaired) electrons. The van der Waals surface area contributed by atoms with Gasteiger partial charge in [-0.3, -0.25) is 9.78 Å². The Balaban J connectivity index is 1.56. The molecule has 3 aromatic rings. The predicted molar refractivity (Wildman–Crippen MR) is 86.7 cm³/mol. The summed E-state index contributed by atoms with van der Waals surface area (Å²) in [6.45, 7) is 0.186. The molecule has 5 nitrogen and oxygen atoms in total. The number of aromatic nitrogens is 1. The first-order chi connectivity index (χ1) is 11.3. The van der Waals surface area contributed by atoms with Gasteiger partial charge in [0.1, 0.15) is 6.61 Å². The first kappa shape index (κ1) is 13.6. The van der Waals surface area contributed by atoms with Gasteiger partial charge in [-0.1, -0.05) is 18.2 Å². The van der Waals surface area contributed by atoms with E-state index in [1.165, 1.54) is 0 Å². The molecule has 1 amide bonds. The Morgan fingerprint density at radius 3 is 2.83 bits per heavy atom. The first-order valence-electron chi connectivity index (χ1n) is 7.34. The van der Waals surface area contributed by atoms with Gasteiger partial charge in [-0.05, 0) is 36.4 Å². The molecule has 1 aromatic heterocycles. The van der Waals surface area contributed by atoms with E-state index in [4.69, 9.17) is 9.47 Å². The molecular formula is C18H14N2O3. The Hall–Kier alpha value is -3.08. The number of fused-ring (bicyclic) bond motifs is 2. The van der Waals surface area contributed by atoms with E-state index in [1.807, 2.05) is 48.5 Å². The van der Waals surface area contributed by atoms with Crippen molar-refractivity contribution in [3.8, 4) is 11.5 Å². The van der Waals surface area contributed by atoms with Crippen molar-refractivity contribution < 1.29 is 14.3 Å². The fourth-order valence-corrected chi connectivity index (χ4v) is 2.57. The van der Waals surface area contributed by atoms with Crippen LogP contribution in [0.4, 0.5) is 5.69 Å². The van der Waals surface area contributed by atoms with Crippen LogP contribution < -0.4 is 14.8 Å². The van der Waals surface area contributed by atoms with Crippen molar-refractivity contribution in [2.24, 2.45) is 0 Å². The van der Waals surface area contributed by atoms with E-state index in [1.54, 1.807) is 12.3 Å². The van der Waals surface area contributed by atoms with Crippen LogP contribution in [0, 0.1) is 0 Å². The van der Waals surface area contributed by atoms with Crippen molar-refractivity contribution in [2.45, 2.75) is 6.10 Å². The maximum absolute atomic E-state index is 12.5. The zero-order valence-electron chi connectivity index (χ0n) is 12.2. The van der Waals surface area contributed by atoms with Crippen LogP contribution in [0.25, 0.3) is 10.9 Å². The number of carbonyl (C=O) groups excluding carboxylic acids is 1. The minimum absolute atomic E-state index is 0.186. The van der Waals surface area contributed by atoms with Gasteiger partial charge in [0.05, 0.1) is 11.2 Å². The monoisotopic (exact) mass is 306 g/mol. The third-order valence-corrected chi connectivity index (χ3v) is 3.70. The number of amides is 1. The Bertz CT molecular complexity index is 874. The van der Waals surface area contributed by atoms with E-state index in [0.717, 1.165) is 10.9 Å². The average molecular weight is 306 g/mol. The second kappa shape index (κ2) is 5.61. The maximum atomic E-state index is 12.5. The van der Waals surface area contributed by atoms with Crippen LogP contribution in [0.15, 0.2) is 60.8 Å². The van der Waals surface area contributed by atoms with Crippen LogP contribution in [-0.2, 0) is 4.79 Å². The Morgan fingerprint density at radius 2 is 1.91 bits per heavy atom. The number of ether oxygens (including phenoxy) is 2. The van der Waals surface area contributed by atoms with Crippen LogP contribution in [0.5, 0.6) is 11.5 Å². The van der Waals surface area contributed by atoms with Gasteiger partial charge in [-0.15, -0.1) is 0 Å². The molecule has 114 valence electrons. The van der Waals surface area contributed by atoms with Gasteiger partial charge in [0.2, 0.25) is 6.10 Å². The van der Waals surface area contributed by atoms with Crippen molar-refractivity contribution in [3.05, 3.63) is 60.8 Å². The van der Waals surface area contributed by atoms with Crippen molar-refractivity contribution in [3.63, 3.8) is 0 Å². The van der Waals surface area contributed by atoms with Gasteiger partial charge in [-0.2, -0.15) is 0 Å². The molecule has 0 spiro atoms. The molecule has 4 rings (SSSR count). The summed E-state index contributed by atoms with van der Waals surface area (Å²) >= 11 is 0. The lowest BCUT2D eigenvalue weighted by atomic mass is 10.1. The molecule has 1 aliphatic heterocycles. The molecule has 0 saturated heterocycles. The Labute approximate surface area is 132 Å². The maximum Gasteiger partial charge on any atom is 0.269 e. The highest BCUT2D eigenvalue weighted by Crippen LogP contribution is 2.31. The number of para-hydroxylation sites is 2. The second-order valence-corrected chi connectivity index (χ2v) is 5.23. The summed E-state index contributed by atoms with van der Waals surface area (Å²) < 4.78 is 11.3. The molecule has 5 heteroatoms. The Morgan fingerprint density at radius 1 is 1.04 bits per heavy atom. The number of nitrogens with one attached hydrogen (secondary N) is 1. The van der Waals surface area contributed by atoms with Crippen molar-refractivity contribution >= 4 is 22.5 Å². The minimum atomic E-state index is -0.683. The van der Waals surface area contributed by atoms with Gasteiger partial charge in [-0.25, -0.2) is 0 Å². The second-order valence-electron chi connectivity index (χ2n) is 5.23. The number of nitrogens with zero attached hydrogens (tertiary/aromatic N) is 1. The largest absolute Gasteiger partial charge is 0.485 e. The molecule has 0 aliphatic carbocycles. The molecule has 1 aliphatic rings. The van der Waals surface area contributed by atoms with Crippen LogP contribution in [0.2, 0.25) is 0 Å². The van der Waals surface area contributed by atoms with Gasteiger partial charge in [0.25, 0.3) is 5.91 Å². The van der Waals surface area contributed by atoms with Crippen molar-refractivity contribution in [1.82, 2.24) is 4.98 Å². The highest BCUT2D eigenvalue weighted by molar-refractivity contribution is 6.02. The molecule has 0 fully saturated rings. The molecule has 2 aromatic carbocycles. The van der Waals surface area contributed by atoms with Crippen molar-refractivity contribution in [1.29, 1.82) is 0 Å². The SMILES string of the molecule is O=C(Nc1cccc2ncccc12)[C@H]1COc2ccccc2O1. The molecule has 0 bridgehead atoms. The average Bonchev–Trinajstić information content (AvgIpc) is 2.61. The zero-order chi connectivity index (χ0) is 15.6. The first-order valence-corrected chi connectivity index (χ1v) is 7.34. The highest BCUT2D eigenvalue weighted by atomic mass is 16.6. The minimum Gasteiger partial charge on any atom is -0.485 e. The summed E-state index contributed by atoms with van der Waals surface area (Å²) in [5, 5.41) is 3.79. The predicted octanol–water partition coefficient (Wildman–Crippen LogP) is 3.01. The standard InChI is InChI=1S/C18H14N2O3/c21-18(17-11-22-15-8-1-2-9-16(15)23-17)20-14-7-3-6-13-12(14)5-4-10-19-13/h1-10,17H,11H2,(H,20,21)/t17-/m1/s1. The van der Waals surface area contributed by atoms with Crippen molar-refractivity contribution in [2.75, 3.05) is 11.9 Å². The number of benzene rings is 2. The van der Waals surface area contributed by atoms with E-state index < -0.39 is 6.10 Å².